The lowest BCUT2D eigenvalue weighted by molar-refractivity contribution is -0.120. The topological polar surface area (TPSA) is 60.5 Å². The zero-order valence-corrected chi connectivity index (χ0v) is 12.4. The van der Waals surface area contributed by atoms with E-state index in [1.165, 1.54) is 11.3 Å². The molecule has 0 aliphatic rings. The third-order valence-corrected chi connectivity index (χ3v) is 3.74. The Morgan fingerprint density at radius 3 is 2.70 bits per heavy atom. The quantitative estimate of drug-likeness (QED) is 0.917. The highest BCUT2D eigenvalue weighted by Gasteiger charge is 2.11. The summed E-state index contributed by atoms with van der Waals surface area (Å²) < 4.78 is 10.5. The van der Waals surface area contributed by atoms with Crippen molar-refractivity contribution < 1.29 is 14.3 Å². The number of likely N-dealkylation sites (N-methyl/N-ethyl adjacent to an activating group) is 1. The Labute approximate surface area is 121 Å². The van der Waals surface area contributed by atoms with E-state index >= 15 is 0 Å². The number of amides is 1. The number of nitrogens with zero attached hydrogens (tertiary/aromatic N) is 1. The largest absolute Gasteiger partial charge is 0.493 e. The molecule has 0 aliphatic carbocycles. The fraction of sp³-hybridized carbons (Fsp3) is 0.286. The fourth-order valence-corrected chi connectivity index (χ4v) is 2.56. The molecule has 0 radical (unpaired) electrons. The molecule has 1 heterocycles. The minimum Gasteiger partial charge on any atom is -0.493 e. The van der Waals surface area contributed by atoms with Gasteiger partial charge in [0.05, 0.1) is 26.3 Å². The molecule has 20 heavy (non-hydrogen) atoms. The van der Waals surface area contributed by atoms with E-state index in [9.17, 15) is 4.79 Å². The second-order valence-corrected chi connectivity index (χ2v) is 4.92. The maximum Gasteiger partial charge on any atom is 0.225 e. The van der Waals surface area contributed by atoms with Crippen molar-refractivity contribution in [3.05, 3.63) is 29.3 Å². The number of ether oxygens (including phenoxy) is 2. The van der Waals surface area contributed by atoms with Crippen LogP contribution in [0.2, 0.25) is 0 Å². The van der Waals surface area contributed by atoms with Gasteiger partial charge in [0, 0.05) is 18.0 Å². The number of benzene rings is 1. The third-order valence-electron chi connectivity index (χ3n) is 2.80. The number of nitrogens with one attached hydrogen (secondary N) is 1. The van der Waals surface area contributed by atoms with Crippen molar-refractivity contribution in [3.63, 3.8) is 0 Å². The molecular formula is C14H16N2O3S. The van der Waals surface area contributed by atoms with Crippen LogP contribution in [0.5, 0.6) is 11.5 Å². The van der Waals surface area contributed by atoms with Crippen LogP contribution in [0.3, 0.4) is 0 Å². The van der Waals surface area contributed by atoms with Crippen molar-refractivity contribution in [1.29, 1.82) is 0 Å². The molecular weight excluding hydrogens is 276 g/mol. The van der Waals surface area contributed by atoms with Gasteiger partial charge in [-0.2, -0.15) is 0 Å². The SMILES string of the molecule is CNC(=O)Cc1csc(-c2ccc(OC)c(OC)c2)n1. The second kappa shape index (κ2) is 6.38. The summed E-state index contributed by atoms with van der Waals surface area (Å²) in [6.45, 7) is 0. The van der Waals surface area contributed by atoms with Gasteiger partial charge in [0.25, 0.3) is 0 Å². The van der Waals surface area contributed by atoms with E-state index in [1.807, 2.05) is 23.6 Å². The van der Waals surface area contributed by atoms with E-state index in [0.717, 1.165) is 16.3 Å². The molecule has 0 aliphatic heterocycles. The van der Waals surface area contributed by atoms with Gasteiger partial charge in [-0.15, -0.1) is 11.3 Å². The van der Waals surface area contributed by atoms with E-state index in [-0.39, 0.29) is 5.91 Å². The Hall–Kier alpha value is -2.08. The van der Waals surface area contributed by atoms with E-state index in [0.29, 0.717) is 17.9 Å². The third kappa shape index (κ3) is 3.08. The second-order valence-electron chi connectivity index (χ2n) is 4.06. The smallest absolute Gasteiger partial charge is 0.225 e. The average Bonchev–Trinajstić information content (AvgIpc) is 2.94. The Kier molecular flexibility index (Phi) is 4.57. The first-order chi connectivity index (χ1) is 9.67. The molecule has 0 saturated carbocycles. The van der Waals surface area contributed by atoms with Crippen LogP contribution < -0.4 is 14.8 Å². The summed E-state index contributed by atoms with van der Waals surface area (Å²) in [6.07, 6.45) is 0.292. The van der Waals surface area contributed by atoms with E-state index in [1.54, 1.807) is 21.3 Å². The zero-order chi connectivity index (χ0) is 14.5. The van der Waals surface area contributed by atoms with Crippen LogP contribution in [0.4, 0.5) is 0 Å². The maximum absolute atomic E-state index is 11.3. The normalized spacial score (nSPS) is 10.2. The van der Waals surface area contributed by atoms with Gasteiger partial charge in [-0.25, -0.2) is 4.98 Å². The molecule has 2 rings (SSSR count). The number of carbonyl (C=O) groups excluding carboxylic acids is 1. The Bertz CT molecular complexity index is 610. The first-order valence-electron chi connectivity index (χ1n) is 6.05. The number of carbonyl (C=O) groups is 1. The standard InChI is InChI=1S/C14H16N2O3S/c1-15-13(17)7-10-8-20-14(16-10)9-4-5-11(18-2)12(6-9)19-3/h4-6,8H,7H2,1-3H3,(H,15,17). The van der Waals surface area contributed by atoms with Crippen LogP contribution in [-0.2, 0) is 11.2 Å². The van der Waals surface area contributed by atoms with Crippen molar-refractivity contribution in [2.75, 3.05) is 21.3 Å². The molecule has 0 unspecified atom stereocenters. The predicted molar refractivity (Wildman–Crippen MR) is 78.4 cm³/mol. The monoisotopic (exact) mass is 292 g/mol. The lowest BCUT2D eigenvalue weighted by Gasteiger charge is -2.08. The van der Waals surface area contributed by atoms with Gasteiger partial charge in [0.15, 0.2) is 11.5 Å². The minimum atomic E-state index is -0.0471. The van der Waals surface area contributed by atoms with Crippen LogP contribution >= 0.6 is 11.3 Å². The number of thiazole rings is 1. The lowest BCUT2D eigenvalue weighted by Crippen LogP contribution is -2.19. The lowest BCUT2D eigenvalue weighted by atomic mass is 10.2. The number of methoxy groups -OCH3 is 2. The van der Waals surface area contributed by atoms with Crippen LogP contribution in [0.15, 0.2) is 23.6 Å². The molecule has 5 nitrogen and oxygen atoms in total. The maximum atomic E-state index is 11.3. The molecule has 0 bridgehead atoms. The molecule has 6 heteroatoms. The summed E-state index contributed by atoms with van der Waals surface area (Å²) in [4.78, 5) is 15.8. The number of aromatic nitrogens is 1. The van der Waals surface area contributed by atoms with Gasteiger partial charge in [-0.05, 0) is 18.2 Å². The molecule has 2 aromatic rings. The van der Waals surface area contributed by atoms with Crippen LogP contribution in [0, 0.1) is 0 Å². The summed E-state index contributed by atoms with van der Waals surface area (Å²) in [5.74, 6) is 1.29. The molecule has 1 N–H and O–H groups in total. The molecule has 0 spiro atoms. The van der Waals surface area contributed by atoms with Crippen LogP contribution in [-0.4, -0.2) is 32.2 Å². The van der Waals surface area contributed by atoms with Crippen LogP contribution in [0.1, 0.15) is 5.69 Å². The Morgan fingerprint density at radius 1 is 1.30 bits per heavy atom. The van der Waals surface area contributed by atoms with Crippen molar-refractivity contribution in [2.24, 2.45) is 0 Å². The molecule has 1 aromatic heterocycles. The van der Waals surface area contributed by atoms with Gasteiger partial charge in [0.2, 0.25) is 5.91 Å². The van der Waals surface area contributed by atoms with E-state index < -0.39 is 0 Å². The van der Waals surface area contributed by atoms with Crippen molar-refractivity contribution in [2.45, 2.75) is 6.42 Å². The summed E-state index contributed by atoms with van der Waals surface area (Å²) in [6, 6.07) is 5.64. The average molecular weight is 292 g/mol. The van der Waals surface area contributed by atoms with Gasteiger partial charge in [-0.1, -0.05) is 0 Å². The van der Waals surface area contributed by atoms with Gasteiger partial charge < -0.3 is 14.8 Å². The van der Waals surface area contributed by atoms with E-state index in [2.05, 4.69) is 10.3 Å². The highest BCUT2D eigenvalue weighted by atomic mass is 32.1. The minimum absolute atomic E-state index is 0.0471. The number of rotatable bonds is 5. The molecule has 0 fully saturated rings. The molecule has 106 valence electrons. The summed E-state index contributed by atoms with van der Waals surface area (Å²) in [5.41, 5.74) is 1.70. The van der Waals surface area contributed by atoms with E-state index in [4.69, 9.17) is 9.47 Å². The van der Waals surface area contributed by atoms with Gasteiger partial charge >= 0.3 is 0 Å². The highest BCUT2D eigenvalue weighted by molar-refractivity contribution is 7.13. The Balaban J connectivity index is 2.25. The summed E-state index contributed by atoms with van der Waals surface area (Å²) in [7, 11) is 4.81. The number of hydrogen-bond donors (Lipinski definition) is 1. The molecule has 0 saturated heterocycles. The fourth-order valence-electron chi connectivity index (χ4n) is 1.74. The molecule has 1 aromatic carbocycles. The zero-order valence-electron chi connectivity index (χ0n) is 11.6. The summed E-state index contributed by atoms with van der Waals surface area (Å²) >= 11 is 1.50. The first kappa shape index (κ1) is 14.3. The van der Waals surface area contributed by atoms with Crippen molar-refractivity contribution >= 4 is 17.2 Å². The number of hydrogen-bond acceptors (Lipinski definition) is 5. The first-order valence-corrected chi connectivity index (χ1v) is 6.93. The molecule has 1 amide bonds. The van der Waals surface area contributed by atoms with Crippen molar-refractivity contribution in [3.8, 4) is 22.1 Å². The Morgan fingerprint density at radius 2 is 2.05 bits per heavy atom. The highest BCUT2D eigenvalue weighted by Crippen LogP contribution is 2.33. The molecule has 0 atom stereocenters. The van der Waals surface area contributed by atoms with Crippen molar-refractivity contribution in [1.82, 2.24) is 10.3 Å². The van der Waals surface area contributed by atoms with Gasteiger partial charge in [-0.3, -0.25) is 4.79 Å². The predicted octanol–water partition coefficient (Wildman–Crippen LogP) is 2.12. The van der Waals surface area contributed by atoms with Gasteiger partial charge in [0.1, 0.15) is 5.01 Å². The summed E-state index contributed by atoms with van der Waals surface area (Å²) in [5, 5.41) is 5.33. The van der Waals surface area contributed by atoms with Crippen LogP contribution in [0.25, 0.3) is 10.6 Å².